The van der Waals surface area contributed by atoms with E-state index in [4.69, 9.17) is 0 Å². The highest BCUT2D eigenvalue weighted by Crippen LogP contribution is 2.28. The summed E-state index contributed by atoms with van der Waals surface area (Å²) in [7, 11) is 0. The van der Waals surface area contributed by atoms with Gasteiger partial charge >= 0.3 is 0 Å². The van der Waals surface area contributed by atoms with Crippen LogP contribution in [-0.2, 0) is 0 Å². The van der Waals surface area contributed by atoms with Crippen LogP contribution in [0.2, 0.25) is 0 Å². The average Bonchev–Trinajstić information content (AvgIpc) is 2.86. The minimum absolute atomic E-state index is 0.144. The van der Waals surface area contributed by atoms with Crippen molar-refractivity contribution in [2.45, 2.75) is 5.92 Å². The van der Waals surface area contributed by atoms with Gasteiger partial charge in [-0.1, -0.05) is 40.2 Å². The van der Waals surface area contributed by atoms with Gasteiger partial charge in [-0.2, -0.15) is 5.26 Å². The molecule has 0 radical (unpaired) electrons. The smallest absolute Gasteiger partial charge is 0.194 e. The first kappa shape index (κ1) is 12.0. The van der Waals surface area contributed by atoms with Crippen LogP contribution in [0, 0.1) is 11.3 Å². The first-order valence-corrected chi connectivity index (χ1v) is 6.63. The van der Waals surface area contributed by atoms with Gasteiger partial charge in [-0.15, -0.1) is 11.3 Å². The molecule has 0 amide bonds. The number of benzene rings is 1. The summed E-state index contributed by atoms with van der Waals surface area (Å²) in [5, 5.41) is 11.0. The third kappa shape index (κ3) is 2.46. The summed E-state index contributed by atoms with van der Waals surface area (Å²) >= 11 is 4.73. The number of carbonyl (C=O) groups is 1. The van der Waals surface area contributed by atoms with Crippen LogP contribution in [0.3, 0.4) is 0 Å². The fourth-order valence-electron chi connectivity index (χ4n) is 1.54. The van der Waals surface area contributed by atoms with Gasteiger partial charge < -0.3 is 0 Å². The largest absolute Gasteiger partial charge is 0.291 e. The van der Waals surface area contributed by atoms with E-state index in [9.17, 15) is 10.1 Å². The number of thiophene rings is 1. The predicted molar refractivity (Wildman–Crippen MR) is 71.1 cm³/mol. The predicted octanol–water partition coefficient (Wildman–Crippen LogP) is 4.00. The van der Waals surface area contributed by atoms with E-state index in [1.54, 1.807) is 12.1 Å². The van der Waals surface area contributed by atoms with Crippen molar-refractivity contribution < 1.29 is 4.79 Å². The molecule has 1 aromatic carbocycles. The van der Waals surface area contributed by atoms with Crippen molar-refractivity contribution in [2.75, 3.05) is 0 Å². The SMILES string of the molecule is N#CC(C(=O)c1cccs1)c1ccccc1Br. The average molecular weight is 306 g/mol. The number of nitrogens with zero attached hydrogens (tertiary/aromatic N) is 1. The Morgan fingerprint density at radius 1 is 1.29 bits per heavy atom. The number of hydrogen-bond donors (Lipinski definition) is 0. The Balaban J connectivity index is 2.39. The van der Waals surface area contributed by atoms with Gasteiger partial charge in [-0.05, 0) is 23.1 Å². The lowest BCUT2D eigenvalue weighted by atomic mass is 9.95. The van der Waals surface area contributed by atoms with Crippen LogP contribution in [0.4, 0.5) is 0 Å². The molecule has 0 fully saturated rings. The Kier molecular flexibility index (Phi) is 3.72. The zero-order valence-corrected chi connectivity index (χ0v) is 11.2. The summed E-state index contributed by atoms with van der Waals surface area (Å²) < 4.78 is 0.788. The maximum absolute atomic E-state index is 12.2. The van der Waals surface area contributed by atoms with E-state index in [2.05, 4.69) is 22.0 Å². The topological polar surface area (TPSA) is 40.9 Å². The van der Waals surface area contributed by atoms with Crippen LogP contribution >= 0.6 is 27.3 Å². The van der Waals surface area contributed by atoms with Gasteiger partial charge in [-0.25, -0.2) is 0 Å². The van der Waals surface area contributed by atoms with E-state index in [1.807, 2.05) is 29.6 Å². The normalized spacial score (nSPS) is 11.8. The molecule has 0 saturated heterocycles. The molecule has 0 aliphatic rings. The highest BCUT2D eigenvalue weighted by Gasteiger charge is 2.23. The second-order valence-corrected chi connectivity index (χ2v) is 5.23. The minimum Gasteiger partial charge on any atom is -0.291 e. The van der Waals surface area contributed by atoms with Crippen molar-refractivity contribution >= 4 is 33.0 Å². The van der Waals surface area contributed by atoms with Crippen molar-refractivity contribution in [2.24, 2.45) is 0 Å². The molecular formula is C13H8BrNOS. The van der Waals surface area contributed by atoms with E-state index in [0.717, 1.165) is 4.47 Å². The van der Waals surface area contributed by atoms with Gasteiger partial charge in [0.2, 0.25) is 0 Å². The monoisotopic (exact) mass is 305 g/mol. The van der Waals surface area contributed by atoms with Gasteiger partial charge in [0.05, 0.1) is 10.9 Å². The molecule has 1 heterocycles. The molecule has 0 saturated carbocycles. The number of carbonyl (C=O) groups excluding carboxylic acids is 1. The Labute approximate surface area is 112 Å². The second kappa shape index (κ2) is 5.26. The number of Topliss-reactive ketones (excluding diaryl/α,β-unsaturated/α-hetero) is 1. The molecule has 0 N–H and O–H groups in total. The molecule has 0 bridgehead atoms. The summed E-state index contributed by atoms with van der Waals surface area (Å²) in [5.41, 5.74) is 0.716. The lowest BCUT2D eigenvalue weighted by Gasteiger charge is -2.08. The summed E-state index contributed by atoms with van der Waals surface area (Å²) in [4.78, 5) is 12.8. The molecular weight excluding hydrogens is 298 g/mol. The molecule has 2 rings (SSSR count). The molecule has 4 heteroatoms. The van der Waals surface area contributed by atoms with Gasteiger partial charge in [0, 0.05) is 4.47 Å². The van der Waals surface area contributed by atoms with Crippen LogP contribution < -0.4 is 0 Å². The quantitative estimate of drug-likeness (QED) is 0.804. The molecule has 1 aromatic heterocycles. The summed E-state index contributed by atoms with van der Waals surface area (Å²) in [6.45, 7) is 0. The van der Waals surface area contributed by atoms with E-state index in [-0.39, 0.29) is 5.78 Å². The number of ketones is 1. The maximum atomic E-state index is 12.2. The second-order valence-electron chi connectivity index (χ2n) is 3.43. The van der Waals surface area contributed by atoms with Crippen molar-refractivity contribution in [3.63, 3.8) is 0 Å². The molecule has 1 unspecified atom stereocenters. The first-order valence-electron chi connectivity index (χ1n) is 4.96. The van der Waals surface area contributed by atoms with Crippen molar-refractivity contribution in [3.05, 3.63) is 56.7 Å². The molecule has 0 spiro atoms. The fraction of sp³-hybridized carbons (Fsp3) is 0.0769. The van der Waals surface area contributed by atoms with Crippen LogP contribution in [0.5, 0.6) is 0 Å². The zero-order valence-electron chi connectivity index (χ0n) is 8.76. The van der Waals surface area contributed by atoms with Crippen molar-refractivity contribution in [1.29, 1.82) is 5.26 Å². The minimum atomic E-state index is -0.746. The molecule has 0 aliphatic heterocycles. The van der Waals surface area contributed by atoms with Gasteiger partial charge in [0.25, 0.3) is 0 Å². The van der Waals surface area contributed by atoms with Crippen molar-refractivity contribution in [3.8, 4) is 6.07 Å². The number of nitriles is 1. The van der Waals surface area contributed by atoms with E-state index in [1.165, 1.54) is 11.3 Å². The van der Waals surface area contributed by atoms with Crippen LogP contribution in [-0.4, -0.2) is 5.78 Å². The lowest BCUT2D eigenvalue weighted by Crippen LogP contribution is -2.10. The molecule has 2 aromatic rings. The Hall–Kier alpha value is -1.44. The fourth-order valence-corrected chi connectivity index (χ4v) is 2.75. The molecule has 2 nitrogen and oxygen atoms in total. The Bertz CT molecular complexity index is 571. The Morgan fingerprint density at radius 3 is 2.65 bits per heavy atom. The lowest BCUT2D eigenvalue weighted by molar-refractivity contribution is 0.0982. The summed E-state index contributed by atoms with van der Waals surface area (Å²) in [5.74, 6) is -0.890. The summed E-state index contributed by atoms with van der Waals surface area (Å²) in [6.07, 6.45) is 0. The molecule has 17 heavy (non-hydrogen) atoms. The molecule has 84 valence electrons. The zero-order chi connectivity index (χ0) is 12.3. The van der Waals surface area contributed by atoms with Gasteiger partial charge in [0.1, 0.15) is 5.92 Å². The number of halogens is 1. The highest BCUT2D eigenvalue weighted by atomic mass is 79.9. The van der Waals surface area contributed by atoms with Gasteiger partial charge in [0.15, 0.2) is 5.78 Å². The third-order valence-electron chi connectivity index (χ3n) is 2.37. The molecule has 1 atom stereocenters. The highest BCUT2D eigenvalue weighted by molar-refractivity contribution is 9.10. The van der Waals surface area contributed by atoms with Crippen LogP contribution in [0.25, 0.3) is 0 Å². The third-order valence-corrected chi connectivity index (χ3v) is 3.98. The van der Waals surface area contributed by atoms with Gasteiger partial charge in [-0.3, -0.25) is 4.79 Å². The van der Waals surface area contributed by atoms with Crippen LogP contribution in [0.15, 0.2) is 46.3 Å². The molecule has 0 aliphatic carbocycles. The standard InChI is InChI=1S/C13H8BrNOS/c14-11-5-2-1-4-9(11)10(8-15)13(16)12-6-3-7-17-12/h1-7,10H. The van der Waals surface area contributed by atoms with E-state index >= 15 is 0 Å². The first-order chi connectivity index (χ1) is 8.24. The number of hydrogen-bond acceptors (Lipinski definition) is 3. The van der Waals surface area contributed by atoms with Crippen LogP contribution in [0.1, 0.15) is 21.2 Å². The summed E-state index contributed by atoms with van der Waals surface area (Å²) in [6, 6.07) is 12.9. The van der Waals surface area contributed by atoms with E-state index < -0.39 is 5.92 Å². The maximum Gasteiger partial charge on any atom is 0.194 e. The Morgan fingerprint density at radius 2 is 2.06 bits per heavy atom. The van der Waals surface area contributed by atoms with E-state index in [0.29, 0.717) is 10.4 Å². The van der Waals surface area contributed by atoms with Crippen molar-refractivity contribution in [1.82, 2.24) is 0 Å². The number of rotatable bonds is 3.